The first-order valence-corrected chi connectivity index (χ1v) is 5.87. The lowest BCUT2D eigenvalue weighted by Crippen LogP contribution is -2.16. The Kier molecular flexibility index (Phi) is 3.10. The maximum atomic E-state index is 10.2. The van der Waals surface area contributed by atoms with Crippen LogP contribution < -0.4 is 0 Å². The van der Waals surface area contributed by atoms with Crippen LogP contribution in [0, 0.1) is 12.8 Å². The standard InChI is InChI=1S/C12H20N2O/c1-9-8-11(13-14(9)2)12(15)10-6-4-3-5-7-10/h8,10,12,15H,3-7H2,1-2H3/t12-/m0/s1. The minimum atomic E-state index is -0.356. The van der Waals surface area contributed by atoms with Crippen molar-refractivity contribution in [2.75, 3.05) is 0 Å². The molecule has 3 nitrogen and oxygen atoms in total. The van der Waals surface area contributed by atoms with Gasteiger partial charge in [0.25, 0.3) is 0 Å². The van der Waals surface area contributed by atoms with Crippen LogP contribution in [-0.4, -0.2) is 14.9 Å². The molecule has 0 unspecified atom stereocenters. The first-order chi connectivity index (χ1) is 7.18. The Morgan fingerprint density at radius 1 is 1.40 bits per heavy atom. The van der Waals surface area contributed by atoms with E-state index in [0.29, 0.717) is 5.92 Å². The Bertz CT molecular complexity index is 307. The number of aliphatic hydroxyl groups is 1. The molecule has 0 amide bonds. The van der Waals surface area contributed by atoms with Gasteiger partial charge in [-0.1, -0.05) is 19.3 Å². The molecular weight excluding hydrogens is 188 g/mol. The number of aliphatic hydroxyl groups excluding tert-OH is 1. The van der Waals surface area contributed by atoms with Gasteiger partial charge < -0.3 is 5.11 Å². The van der Waals surface area contributed by atoms with E-state index in [1.807, 2.05) is 24.7 Å². The summed E-state index contributed by atoms with van der Waals surface area (Å²) in [7, 11) is 1.92. The zero-order chi connectivity index (χ0) is 10.8. The van der Waals surface area contributed by atoms with Crippen LogP contribution in [0.2, 0.25) is 0 Å². The van der Waals surface area contributed by atoms with Crippen LogP contribution in [0.4, 0.5) is 0 Å². The Labute approximate surface area is 91.1 Å². The molecule has 2 rings (SSSR count). The topological polar surface area (TPSA) is 38.1 Å². The van der Waals surface area contributed by atoms with E-state index in [1.54, 1.807) is 0 Å². The first-order valence-electron chi connectivity index (χ1n) is 5.87. The molecule has 1 aliphatic carbocycles. The van der Waals surface area contributed by atoms with E-state index in [-0.39, 0.29) is 6.10 Å². The summed E-state index contributed by atoms with van der Waals surface area (Å²) in [6, 6.07) is 2.00. The summed E-state index contributed by atoms with van der Waals surface area (Å²) in [5, 5.41) is 14.6. The van der Waals surface area contributed by atoms with Crippen molar-refractivity contribution in [2.24, 2.45) is 13.0 Å². The van der Waals surface area contributed by atoms with E-state index in [0.717, 1.165) is 24.2 Å². The van der Waals surface area contributed by atoms with Crippen molar-refractivity contribution < 1.29 is 5.11 Å². The Balaban J connectivity index is 2.08. The number of hydrogen-bond donors (Lipinski definition) is 1. The van der Waals surface area contributed by atoms with Gasteiger partial charge in [-0.15, -0.1) is 0 Å². The zero-order valence-electron chi connectivity index (χ0n) is 9.61. The van der Waals surface area contributed by atoms with Crippen LogP contribution >= 0.6 is 0 Å². The minimum absolute atomic E-state index is 0.356. The lowest BCUT2D eigenvalue weighted by atomic mass is 9.84. The molecule has 0 aromatic carbocycles. The largest absolute Gasteiger partial charge is 0.386 e. The zero-order valence-corrected chi connectivity index (χ0v) is 9.61. The van der Waals surface area contributed by atoms with E-state index in [4.69, 9.17) is 0 Å². The molecule has 1 heterocycles. The molecule has 3 heteroatoms. The van der Waals surface area contributed by atoms with Crippen molar-refractivity contribution in [2.45, 2.75) is 45.1 Å². The molecule has 1 atom stereocenters. The fraction of sp³-hybridized carbons (Fsp3) is 0.750. The number of nitrogens with zero attached hydrogens (tertiary/aromatic N) is 2. The van der Waals surface area contributed by atoms with E-state index in [2.05, 4.69) is 5.10 Å². The number of aryl methyl sites for hydroxylation is 2. The van der Waals surface area contributed by atoms with Gasteiger partial charge >= 0.3 is 0 Å². The summed E-state index contributed by atoms with van der Waals surface area (Å²) in [5.41, 5.74) is 1.96. The molecule has 0 spiro atoms. The summed E-state index contributed by atoms with van der Waals surface area (Å²) in [4.78, 5) is 0. The lowest BCUT2D eigenvalue weighted by molar-refractivity contribution is 0.0806. The second-order valence-electron chi connectivity index (χ2n) is 4.68. The van der Waals surface area contributed by atoms with Crippen LogP contribution in [0.1, 0.15) is 49.6 Å². The van der Waals surface area contributed by atoms with E-state index in [9.17, 15) is 5.11 Å². The van der Waals surface area contributed by atoms with Crippen LogP contribution in [0.15, 0.2) is 6.07 Å². The van der Waals surface area contributed by atoms with Crippen LogP contribution in [-0.2, 0) is 7.05 Å². The van der Waals surface area contributed by atoms with Gasteiger partial charge in [0.15, 0.2) is 0 Å². The van der Waals surface area contributed by atoms with Gasteiger partial charge in [-0.2, -0.15) is 5.10 Å². The van der Waals surface area contributed by atoms with Crippen molar-refractivity contribution in [1.29, 1.82) is 0 Å². The van der Waals surface area contributed by atoms with Gasteiger partial charge in [0.2, 0.25) is 0 Å². The van der Waals surface area contributed by atoms with Gasteiger partial charge in [-0.3, -0.25) is 4.68 Å². The maximum Gasteiger partial charge on any atom is 0.101 e. The van der Waals surface area contributed by atoms with Crippen LogP contribution in [0.5, 0.6) is 0 Å². The first kappa shape index (κ1) is 10.7. The normalized spacial score (nSPS) is 20.5. The van der Waals surface area contributed by atoms with Crippen molar-refractivity contribution in [1.82, 2.24) is 9.78 Å². The van der Waals surface area contributed by atoms with Crippen molar-refractivity contribution >= 4 is 0 Å². The number of aromatic nitrogens is 2. The highest BCUT2D eigenvalue weighted by Gasteiger charge is 2.24. The van der Waals surface area contributed by atoms with E-state index in [1.165, 1.54) is 19.3 Å². The summed E-state index contributed by atoms with van der Waals surface area (Å²) in [6.07, 6.45) is 5.78. The van der Waals surface area contributed by atoms with Gasteiger partial charge in [0.05, 0.1) is 5.69 Å². The average Bonchev–Trinajstić information content (AvgIpc) is 2.59. The Morgan fingerprint density at radius 3 is 2.60 bits per heavy atom. The molecule has 1 saturated carbocycles. The SMILES string of the molecule is Cc1cc([C@@H](O)C2CCCCC2)nn1C. The molecular formula is C12H20N2O. The molecule has 0 bridgehead atoms. The van der Waals surface area contributed by atoms with Gasteiger partial charge in [0, 0.05) is 12.7 Å². The lowest BCUT2D eigenvalue weighted by Gasteiger charge is -2.25. The Hall–Kier alpha value is -0.830. The third kappa shape index (κ3) is 2.23. The molecule has 84 valence electrons. The molecule has 1 aliphatic rings. The summed E-state index contributed by atoms with van der Waals surface area (Å²) in [5.74, 6) is 0.424. The van der Waals surface area contributed by atoms with Crippen LogP contribution in [0.3, 0.4) is 0 Å². The van der Waals surface area contributed by atoms with E-state index < -0.39 is 0 Å². The predicted molar refractivity (Wildman–Crippen MR) is 59.5 cm³/mol. The fourth-order valence-corrected chi connectivity index (χ4v) is 2.42. The highest BCUT2D eigenvalue weighted by Crippen LogP contribution is 2.33. The molecule has 1 fully saturated rings. The second kappa shape index (κ2) is 4.35. The highest BCUT2D eigenvalue weighted by atomic mass is 16.3. The molecule has 1 aromatic rings. The van der Waals surface area contributed by atoms with E-state index >= 15 is 0 Å². The summed E-state index contributed by atoms with van der Waals surface area (Å²) in [6.45, 7) is 2.02. The van der Waals surface area contributed by atoms with Crippen molar-refractivity contribution in [3.63, 3.8) is 0 Å². The molecule has 0 radical (unpaired) electrons. The Morgan fingerprint density at radius 2 is 2.07 bits per heavy atom. The molecule has 0 saturated heterocycles. The molecule has 1 aromatic heterocycles. The minimum Gasteiger partial charge on any atom is -0.386 e. The van der Waals surface area contributed by atoms with Crippen molar-refractivity contribution in [3.05, 3.63) is 17.5 Å². The fourth-order valence-electron chi connectivity index (χ4n) is 2.42. The average molecular weight is 208 g/mol. The smallest absolute Gasteiger partial charge is 0.101 e. The molecule has 15 heavy (non-hydrogen) atoms. The monoisotopic (exact) mass is 208 g/mol. The number of rotatable bonds is 2. The second-order valence-corrected chi connectivity index (χ2v) is 4.68. The summed E-state index contributed by atoms with van der Waals surface area (Å²) < 4.78 is 1.83. The maximum absolute atomic E-state index is 10.2. The van der Waals surface area contributed by atoms with Gasteiger partial charge in [-0.25, -0.2) is 0 Å². The predicted octanol–water partition coefficient (Wildman–Crippen LogP) is 2.34. The molecule has 1 N–H and O–H groups in total. The molecule has 0 aliphatic heterocycles. The third-order valence-corrected chi connectivity index (χ3v) is 3.53. The highest BCUT2D eigenvalue weighted by molar-refractivity contribution is 5.11. The van der Waals surface area contributed by atoms with Crippen molar-refractivity contribution in [3.8, 4) is 0 Å². The van der Waals surface area contributed by atoms with Gasteiger partial charge in [0.1, 0.15) is 6.10 Å². The number of hydrogen-bond acceptors (Lipinski definition) is 2. The summed E-state index contributed by atoms with van der Waals surface area (Å²) >= 11 is 0. The third-order valence-electron chi connectivity index (χ3n) is 3.53. The quantitative estimate of drug-likeness (QED) is 0.810. The van der Waals surface area contributed by atoms with Crippen LogP contribution in [0.25, 0.3) is 0 Å². The van der Waals surface area contributed by atoms with Gasteiger partial charge in [-0.05, 0) is 31.7 Å².